The average Bonchev–Trinajstić information content (AvgIpc) is 2.43. The van der Waals surface area contributed by atoms with Gasteiger partial charge in [-0.05, 0) is 24.6 Å². The molecular formula is C13H11F2N3O2. The van der Waals surface area contributed by atoms with Crippen LogP contribution in [0.2, 0.25) is 0 Å². The predicted molar refractivity (Wildman–Crippen MR) is 68.7 cm³/mol. The fraction of sp³-hybridized carbons (Fsp3) is 0.0769. The van der Waals surface area contributed by atoms with E-state index in [1.165, 1.54) is 0 Å². The number of anilines is 2. The number of aryl methyl sites for hydroxylation is 1. The van der Waals surface area contributed by atoms with Crippen molar-refractivity contribution >= 4 is 17.4 Å². The second-order valence-electron chi connectivity index (χ2n) is 4.10. The molecule has 0 aliphatic heterocycles. The number of hydrogen-bond acceptors (Lipinski definition) is 4. The van der Waals surface area contributed by atoms with Gasteiger partial charge >= 0.3 is 0 Å². The molecule has 0 spiro atoms. The van der Waals surface area contributed by atoms with E-state index in [1.54, 1.807) is 23.8 Å². The fourth-order valence-corrected chi connectivity index (χ4v) is 1.55. The molecule has 0 fully saturated rings. The number of nitrogens with one attached hydrogen (secondary N) is 2. The summed E-state index contributed by atoms with van der Waals surface area (Å²) in [7, 11) is 0. The highest BCUT2D eigenvalue weighted by Crippen LogP contribution is 2.20. The van der Waals surface area contributed by atoms with Gasteiger partial charge in [0.15, 0.2) is 11.6 Å². The third kappa shape index (κ3) is 2.89. The van der Waals surface area contributed by atoms with Crippen molar-refractivity contribution in [3.8, 4) is 0 Å². The number of carbonyl (C=O) groups excluding carboxylic acids is 1. The monoisotopic (exact) mass is 279 g/mol. The lowest BCUT2D eigenvalue weighted by Gasteiger charge is -2.09. The predicted octanol–water partition coefficient (Wildman–Crippen LogP) is 2.72. The summed E-state index contributed by atoms with van der Waals surface area (Å²) in [6.07, 6.45) is 1.55. The molecule has 5 nitrogen and oxygen atoms in total. The van der Waals surface area contributed by atoms with Crippen molar-refractivity contribution < 1.29 is 18.8 Å². The fourth-order valence-electron chi connectivity index (χ4n) is 1.55. The van der Waals surface area contributed by atoms with E-state index < -0.39 is 17.5 Å². The molecule has 0 radical (unpaired) electrons. The van der Waals surface area contributed by atoms with Crippen molar-refractivity contribution in [1.29, 1.82) is 0 Å². The quantitative estimate of drug-likeness (QED) is 0.755. The van der Waals surface area contributed by atoms with Crippen LogP contribution in [0.1, 0.15) is 15.9 Å². The van der Waals surface area contributed by atoms with E-state index in [4.69, 9.17) is 5.21 Å². The highest BCUT2D eigenvalue weighted by atomic mass is 19.2. The van der Waals surface area contributed by atoms with Crippen molar-refractivity contribution in [2.45, 2.75) is 6.92 Å². The molecule has 1 aromatic carbocycles. The smallest absolute Gasteiger partial charge is 0.259 e. The Hall–Kier alpha value is -2.54. The first-order chi connectivity index (χ1) is 9.51. The Balaban J connectivity index is 2.29. The van der Waals surface area contributed by atoms with Gasteiger partial charge in [-0.1, -0.05) is 6.07 Å². The van der Waals surface area contributed by atoms with Crippen LogP contribution in [0.3, 0.4) is 0 Å². The van der Waals surface area contributed by atoms with E-state index >= 15 is 0 Å². The number of rotatable bonds is 3. The van der Waals surface area contributed by atoms with Crippen LogP contribution in [0.4, 0.5) is 20.3 Å². The molecule has 0 atom stereocenters. The first-order valence-electron chi connectivity index (χ1n) is 5.64. The second kappa shape index (κ2) is 5.62. The van der Waals surface area contributed by atoms with Crippen LogP contribution < -0.4 is 10.8 Å². The maximum Gasteiger partial charge on any atom is 0.259 e. The molecule has 0 saturated carbocycles. The van der Waals surface area contributed by atoms with Gasteiger partial charge in [-0.25, -0.2) is 13.8 Å². The molecule has 0 bridgehead atoms. The molecule has 0 aliphatic carbocycles. The summed E-state index contributed by atoms with van der Waals surface area (Å²) in [5, 5.41) is 11.3. The molecule has 2 aromatic rings. The summed E-state index contributed by atoms with van der Waals surface area (Å²) >= 11 is 0. The van der Waals surface area contributed by atoms with Crippen molar-refractivity contribution in [2.75, 3.05) is 10.8 Å². The third-order valence-electron chi connectivity index (χ3n) is 2.58. The summed E-state index contributed by atoms with van der Waals surface area (Å²) in [4.78, 5) is 15.9. The normalized spacial score (nSPS) is 10.2. The third-order valence-corrected chi connectivity index (χ3v) is 2.58. The van der Waals surface area contributed by atoms with Crippen LogP contribution >= 0.6 is 0 Å². The molecule has 0 aliphatic rings. The molecule has 3 N–H and O–H groups in total. The Morgan fingerprint density at radius 1 is 1.25 bits per heavy atom. The van der Waals surface area contributed by atoms with Gasteiger partial charge in [-0.15, -0.1) is 0 Å². The molecule has 104 valence electrons. The Kier molecular flexibility index (Phi) is 3.90. The topological polar surface area (TPSA) is 74.2 Å². The van der Waals surface area contributed by atoms with Gasteiger partial charge in [0.1, 0.15) is 5.82 Å². The first-order valence-corrected chi connectivity index (χ1v) is 5.64. The summed E-state index contributed by atoms with van der Waals surface area (Å²) in [6.45, 7) is 1.84. The Labute approximate surface area is 113 Å². The minimum absolute atomic E-state index is 0.242. The number of carbonyl (C=O) groups is 1. The van der Waals surface area contributed by atoms with Gasteiger partial charge in [0, 0.05) is 12.3 Å². The van der Waals surface area contributed by atoms with Crippen LogP contribution in [-0.2, 0) is 0 Å². The van der Waals surface area contributed by atoms with E-state index in [0.29, 0.717) is 12.1 Å². The minimum atomic E-state index is -1.19. The van der Waals surface area contributed by atoms with Gasteiger partial charge < -0.3 is 5.32 Å². The molecule has 1 aromatic heterocycles. The number of amides is 1. The average molecular weight is 279 g/mol. The van der Waals surface area contributed by atoms with Crippen LogP contribution in [0, 0.1) is 18.6 Å². The number of halogens is 2. The van der Waals surface area contributed by atoms with Crippen LogP contribution in [0.5, 0.6) is 0 Å². The number of pyridine rings is 1. The number of benzene rings is 1. The molecule has 7 heteroatoms. The van der Waals surface area contributed by atoms with Gasteiger partial charge in [0.25, 0.3) is 5.91 Å². The van der Waals surface area contributed by atoms with E-state index in [0.717, 1.165) is 5.56 Å². The molecule has 0 unspecified atom stereocenters. The molecule has 1 amide bonds. The lowest BCUT2D eigenvalue weighted by Crippen LogP contribution is -2.15. The van der Waals surface area contributed by atoms with Crippen molar-refractivity contribution in [3.63, 3.8) is 0 Å². The lowest BCUT2D eigenvalue weighted by molar-refractivity contribution is 0.102. The second-order valence-corrected chi connectivity index (χ2v) is 4.10. The lowest BCUT2D eigenvalue weighted by atomic mass is 10.1. The summed E-state index contributed by atoms with van der Waals surface area (Å²) in [5.41, 5.74) is 2.08. The zero-order valence-corrected chi connectivity index (χ0v) is 10.4. The van der Waals surface area contributed by atoms with Crippen LogP contribution in [-0.4, -0.2) is 16.1 Å². The Bertz CT molecular complexity index is 645. The van der Waals surface area contributed by atoms with Gasteiger partial charge in [0.05, 0.1) is 11.3 Å². The Morgan fingerprint density at radius 3 is 2.55 bits per heavy atom. The highest BCUT2D eigenvalue weighted by Gasteiger charge is 2.16. The summed E-state index contributed by atoms with van der Waals surface area (Å²) in [6, 6.07) is 4.68. The van der Waals surface area contributed by atoms with E-state index in [2.05, 4.69) is 10.3 Å². The summed E-state index contributed by atoms with van der Waals surface area (Å²) in [5.74, 6) is -2.83. The van der Waals surface area contributed by atoms with E-state index in [1.807, 2.05) is 6.92 Å². The highest BCUT2D eigenvalue weighted by molar-refractivity contribution is 6.07. The van der Waals surface area contributed by atoms with Crippen molar-refractivity contribution in [1.82, 2.24) is 4.98 Å². The van der Waals surface area contributed by atoms with Crippen molar-refractivity contribution in [3.05, 3.63) is 53.2 Å². The van der Waals surface area contributed by atoms with Crippen LogP contribution in [0.15, 0.2) is 30.5 Å². The van der Waals surface area contributed by atoms with E-state index in [-0.39, 0.29) is 17.1 Å². The van der Waals surface area contributed by atoms with Gasteiger partial charge in [-0.2, -0.15) is 0 Å². The van der Waals surface area contributed by atoms with Crippen LogP contribution in [0.25, 0.3) is 0 Å². The number of nitrogens with zero attached hydrogens (tertiary/aromatic N) is 1. The van der Waals surface area contributed by atoms with Gasteiger partial charge in [-0.3, -0.25) is 15.5 Å². The maximum absolute atomic E-state index is 13.2. The summed E-state index contributed by atoms with van der Waals surface area (Å²) < 4.78 is 26.2. The molecule has 2 rings (SSSR count). The minimum Gasteiger partial charge on any atom is -0.306 e. The number of hydrogen-bond donors (Lipinski definition) is 3. The maximum atomic E-state index is 13.2. The number of aromatic nitrogens is 1. The molecule has 20 heavy (non-hydrogen) atoms. The Morgan fingerprint density at radius 2 is 1.95 bits per heavy atom. The zero-order valence-electron chi connectivity index (χ0n) is 10.4. The first kappa shape index (κ1) is 13.9. The van der Waals surface area contributed by atoms with Crippen molar-refractivity contribution in [2.24, 2.45) is 0 Å². The van der Waals surface area contributed by atoms with E-state index in [9.17, 15) is 13.6 Å². The largest absolute Gasteiger partial charge is 0.306 e. The van der Waals surface area contributed by atoms with Gasteiger partial charge in [0.2, 0.25) is 0 Å². The molecule has 0 saturated heterocycles. The standard InChI is InChI=1S/C13H11F2N3O2/c1-7-2-3-12(16-6-7)17-13(19)8-4-9(14)10(15)5-11(8)18-20/h2-6,18,20H,1H3,(H,16,17,19). The molecular weight excluding hydrogens is 268 g/mol. The zero-order chi connectivity index (χ0) is 14.7. The SMILES string of the molecule is Cc1ccc(NC(=O)c2cc(F)c(F)cc2NO)nc1. The molecule has 1 heterocycles.